The highest BCUT2D eigenvalue weighted by Gasteiger charge is 2.16. The van der Waals surface area contributed by atoms with Crippen molar-refractivity contribution in [1.29, 1.82) is 0 Å². The van der Waals surface area contributed by atoms with E-state index < -0.39 is 0 Å². The molecule has 0 bridgehead atoms. The molecular weight excluding hydrogens is 337 g/mol. The topological polar surface area (TPSA) is 81.2 Å². The number of furan rings is 1. The van der Waals surface area contributed by atoms with Crippen LogP contribution in [0.15, 0.2) is 33.4 Å². The molecule has 0 aromatic carbocycles. The van der Waals surface area contributed by atoms with Gasteiger partial charge in [0.25, 0.3) is 11.8 Å². The number of nitrogens with zero attached hydrogens (tertiary/aromatic N) is 2. The molecule has 0 saturated carbocycles. The SMILES string of the molecule is O=C(NCc1noc(-c2ccco2)n1)c1cc(Cl)sc1Cl. The molecule has 108 valence electrons. The molecule has 6 nitrogen and oxygen atoms in total. The number of thiophene rings is 1. The van der Waals surface area contributed by atoms with Gasteiger partial charge >= 0.3 is 0 Å². The molecule has 0 saturated heterocycles. The number of hydrogen-bond donors (Lipinski definition) is 1. The van der Waals surface area contributed by atoms with Crippen molar-refractivity contribution in [3.8, 4) is 11.7 Å². The Morgan fingerprint density at radius 1 is 1.43 bits per heavy atom. The first-order valence-electron chi connectivity index (χ1n) is 5.73. The summed E-state index contributed by atoms with van der Waals surface area (Å²) in [7, 11) is 0. The van der Waals surface area contributed by atoms with Crippen LogP contribution in [0, 0.1) is 0 Å². The fourth-order valence-corrected chi connectivity index (χ4v) is 3.03. The van der Waals surface area contributed by atoms with Gasteiger partial charge in [0, 0.05) is 0 Å². The molecule has 0 aliphatic rings. The number of carbonyl (C=O) groups is 1. The maximum atomic E-state index is 11.9. The second-order valence-corrected chi connectivity index (χ2v) is 6.20. The number of aromatic nitrogens is 2. The van der Waals surface area contributed by atoms with Gasteiger partial charge < -0.3 is 14.3 Å². The standard InChI is InChI=1S/C12H7Cl2N3O3S/c13-8-4-6(10(14)21-8)11(18)15-5-9-16-12(20-17-9)7-2-1-3-19-7/h1-4H,5H2,(H,15,18). The summed E-state index contributed by atoms with van der Waals surface area (Å²) < 4.78 is 10.9. The van der Waals surface area contributed by atoms with Crippen LogP contribution in [0.4, 0.5) is 0 Å². The predicted molar refractivity (Wildman–Crippen MR) is 77.5 cm³/mol. The zero-order chi connectivity index (χ0) is 14.8. The highest BCUT2D eigenvalue weighted by molar-refractivity contribution is 7.20. The van der Waals surface area contributed by atoms with Gasteiger partial charge in [-0.15, -0.1) is 11.3 Å². The Balaban J connectivity index is 1.65. The summed E-state index contributed by atoms with van der Waals surface area (Å²) in [5, 5.41) is 6.39. The predicted octanol–water partition coefficient (Wildman–Crippen LogP) is 3.63. The van der Waals surface area contributed by atoms with Crippen LogP contribution in [-0.2, 0) is 6.54 Å². The Hall–Kier alpha value is -1.83. The van der Waals surface area contributed by atoms with Crippen LogP contribution < -0.4 is 5.32 Å². The number of hydrogen-bond acceptors (Lipinski definition) is 6. The lowest BCUT2D eigenvalue weighted by Crippen LogP contribution is -2.23. The molecule has 1 N–H and O–H groups in total. The molecule has 0 aliphatic carbocycles. The third kappa shape index (κ3) is 3.10. The van der Waals surface area contributed by atoms with Gasteiger partial charge in [0.05, 0.1) is 22.7 Å². The van der Waals surface area contributed by atoms with Crippen LogP contribution in [0.2, 0.25) is 8.67 Å². The fraction of sp³-hybridized carbons (Fsp3) is 0.0833. The Kier molecular flexibility index (Phi) is 3.96. The number of nitrogens with one attached hydrogen (secondary N) is 1. The van der Waals surface area contributed by atoms with Gasteiger partial charge in [-0.1, -0.05) is 28.4 Å². The van der Waals surface area contributed by atoms with Crippen molar-refractivity contribution in [3.05, 3.63) is 44.5 Å². The van der Waals surface area contributed by atoms with Crippen molar-refractivity contribution in [1.82, 2.24) is 15.5 Å². The zero-order valence-electron chi connectivity index (χ0n) is 10.3. The van der Waals surface area contributed by atoms with Crippen molar-refractivity contribution in [3.63, 3.8) is 0 Å². The van der Waals surface area contributed by atoms with E-state index in [0.717, 1.165) is 11.3 Å². The molecule has 21 heavy (non-hydrogen) atoms. The Bertz CT molecular complexity index is 767. The van der Waals surface area contributed by atoms with Crippen molar-refractivity contribution in [2.45, 2.75) is 6.54 Å². The zero-order valence-corrected chi connectivity index (χ0v) is 12.6. The van der Waals surface area contributed by atoms with Crippen molar-refractivity contribution in [2.24, 2.45) is 0 Å². The molecule has 1 amide bonds. The summed E-state index contributed by atoms with van der Waals surface area (Å²) in [6, 6.07) is 4.92. The lowest BCUT2D eigenvalue weighted by Gasteiger charge is -1.99. The first-order chi connectivity index (χ1) is 10.1. The van der Waals surface area contributed by atoms with Crippen LogP contribution in [0.25, 0.3) is 11.7 Å². The van der Waals surface area contributed by atoms with E-state index in [2.05, 4.69) is 15.5 Å². The largest absolute Gasteiger partial charge is 0.459 e. The molecule has 3 aromatic rings. The average molecular weight is 344 g/mol. The normalized spacial score (nSPS) is 10.8. The molecule has 0 unspecified atom stereocenters. The van der Waals surface area contributed by atoms with Gasteiger partial charge in [0.2, 0.25) is 0 Å². The molecular formula is C12H7Cl2N3O3S. The summed E-state index contributed by atoms with van der Waals surface area (Å²) >= 11 is 12.8. The van der Waals surface area contributed by atoms with Crippen molar-refractivity contribution in [2.75, 3.05) is 0 Å². The van der Waals surface area contributed by atoms with E-state index in [-0.39, 0.29) is 18.3 Å². The Morgan fingerprint density at radius 2 is 2.29 bits per heavy atom. The third-order valence-electron chi connectivity index (χ3n) is 2.51. The van der Waals surface area contributed by atoms with Crippen LogP contribution in [0.3, 0.4) is 0 Å². The van der Waals surface area contributed by atoms with Crippen LogP contribution in [-0.4, -0.2) is 16.0 Å². The van der Waals surface area contributed by atoms with E-state index >= 15 is 0 Å². The maximum absolute atomic E-state index is 11.9. The number of carbonyl (C=O) groups excluding carboxylic acids is 1. The smallest absolute Gasteiger partial charge is 0.293 e. The van der Waals surface area contributed by atoms with Gasteiger partial charge in [0.15, 0.2) is 11.6 Å². The molecule has 0 fully saturated rings. The molecule has 0 radical (unpaired) electrons. The fourth-order valence-electron chi connectivity index (χ4n) is 1.58. The van der Waals surface area contributed by atoms with Crippen molar-refractivity contribution >= 4 is 40.4 Å². The number of halogens is 2. The van der Waals surface area contributed by atoms with Crippen LogP contribution >= 0.6 is 34.5 Å². The summed E-state index contributed by atoms with van der Waals surface area (Å²) in [6.07, 6.45) is 1.50. The molecule has 0 spiro atoms. The van der Waals surface area contributed by atoms with E-state index in [1.54, 1.807) is 12.1 Å². The molecule has 3 heterocycles. The molecule has 0 atom stereocenters. The van der Waals surface area contributed by atoms with E-state index in [1.165, 1.54) is 12.3 Å². The summed E-state index contributed by atoms with van der Waals surface area (Å²) in [6.45, 7) is 0.104. The summed E-state index contributed by atoms with van der Waals surface area (Å²) in [5.74, 6) is 0.688. The quantitative estimate of drug-likeness (QED) is 0.782. The van der Waals surface area contributed by atoms with Gasteiger partial charge in [0.1, 0.15) is 4.34 Å². The molecule has 9 heteroatoms. The summed E-state index contributed by atoms with van der Waals surface area (Å²) in [4.78, 5) is 16.0. The van der Waals surface area contributed by atoms with E-state index in [0.29, 0.717) is 25.8 Å². The second-order valence-electron chi connectivity index (χ2n) is 3.91. The van der Waals surface area contributed by atoms with Gasteiger partial charge in [-0.3, -0.25) is 4.79 Å². The van der Waals surface area contributed by atoms with Crippen LogP contribution in [0.5, 0.6) is 0 Å². The van der Waals surface area contributed by atoms with E-state index in [4.69, 9.17) is 32.1 Å². The Morgan fingerprint density at radius 3 is 2.95 bits per heavy atom. The minimum Gasteiger partial charge on any atom is -0.459 e. The highest BCUT2D eigenvalue weighted by Crippen LogP contribution is 2.31. The lowest BCUT2D eigenvalue weighted by atomic mass is 10.3. The van der Waals surface area contributed by atoms with Gasteiger partial charge in [-0.25, -0.2) is 0 Å². The average Bonchev–Trinajstić information content (AvgIpc) is 3.15. The number of amides is 1. The molecule has 3 aromatic heterocycles. The third-order valence-corrected chi connectivity index (χ3v) is 4.00. The monoisotopic (exact) mass is 343 g/mol. The second kappa shape index (κ2) is 5.88. The Labute approximate surface area is 132 Å². The maximum Gasteiger partial charge on any atom is 0.293 e. The first-order valence-corrected chi connectivity index (χ1v) is 7.30. The minimum absolute atomic E-state index is 0.104. The summed E-state index contributed by atoms with van der Waals surface area (Å²) in [5.41, 5.74) is 0.321. The highest BCUT2D eigenvalue weighted by atomic mass is 35.5. The van der Waals surface area contributed by atoms with Gasteiger partial charge in [-0.05, 0) is 18.2 Å². The molecule has 0 aliphatic heterocycles. The first kappa shape index (κ1) is 14.1. The number of rotatable bonds is 4. The van der Waals surface area contributed by atoms with E-state index in [1.807, 2.05) is 0 Å². The van der Waals surface area contributed by atoms with E-state index in [9.17, 15) is 4.79 Å². The van der Waals surface area contributed by atoms with Gasteiger partial charge in [-0.2, -0.15) is 4.98 Å². The van der Waals surface area contributed by atoms with Crippen molar-refractivity contribution < 1.29 is 13.7 Å². The van der Waals surface area contributed by atoms with Crippen LogP contribution in [0.1, 0.15) is 16.2 Å². The minimum atomic E-state index is -0.354. The lowest BCUT2D eigenvalue weighted by molar-refractivity contribution is 0.0950. The molecule has 3 rings (SSSR count).